The first-order chi connectivity index (χ1) is 27.4. The molecule has 5 heterocycles. The largest absolute Gasteiger partial charge is 0.490 e. The fourth-order valence-corrected chi connectivity index (χ4v) is 15.5. The standard InChI is InChI=1S/C44H53F3N4O5Si/c1-26(2)57(27(3)4,28(5)6)16-11-33-36(46)10-9-29-17-32(56-25-52-7)18-34(38(29)33)35-19-37-39-41(40(35)47)48-43(49-42(39)51-14-15-53-22-31(51)23-54-37)55-24-44-12-8-13-50(44)21-30(45)20-44/h9-10,17-19,26-28,30-31H,8,12-15,20-25H2,1-7H3/t30-,31+,44+/m1/s1. The molecule has 0 N–H and O–H groups in total. The number of alkyl halides is 1. The van der Waals surface area contributed by atoms with Crippen LogP contribution in [0.5, 0.6) is 17.5 Å². The number of benzene rings is 3. The minimum Gasteiger partial charge on any atom is -0.490 e. The van der Waals surface area contributed by atoms with Crippen LogP contribution in [0.1, 0.15) is 66.4 Å². The van der Waals surface area contributed by atoms with Gasteiger partial charge in [-0.2, -0.15) is 9.97 Å². The average Bonchev–Trinajstić information content (AvgIpc) is 3.66. The van der Waals surface area contributed by atoms with Gasteiger partial charge in [0.25, 0.3) is 0 Å². The molecule has 13 heteroatoms. The van der Waals surface area contributed by atoms with Crippen LogP contribution < -0.4 is 19.1 Å². The molecule has 4 aliphatic heterocycles. The van der Waals surface area contributed by atoms with Crippen molar-refractivity contribution in [3.05, 3.63) is 47.5 Å². The minimum absolute atomic E-state index is 0.00664. The third-order valence-corrected chi connectivity index (χ3v) is 19.2. The molecular formula is C44H53F3N4O5Si. The summed E-state index contributed by atoms with van der Waals surface area (Å²) in [5, 5.41) is 1.51. The third-order valence-electron chi connectivity index (χ3n) is 12.9. The number of nitrogens with zero attached hydrogens (tertiary/aromatic N) is 4. The molecule has 4 aliphatic rings. The van der Waals surface area contributed by atoms with Gasteiger partial charge in [0.05, 0.1) is 35.7 Å². The molecule has 304 valence electrons. The first kappa shape index (κ1) is 39.7. The number of methoxy groups -OCH3 is 1. The molecule has 3 aromatic carbocycles. The van der Waals surface area contributed by atoms with Gasteiger partial charge in [0, 0.05) is 37.6 Å². The van der Waals surface area contributed by atoms with Crippen LogP contribution in [-0.4, -0.2) is 101 Å². The minimum atomic E-state index is -2.30. The fourth-order valence-electron chi connectivity index (χ4n) is 10.3. The summed E-state index contributed by atoms with van der Waals surface area (Å²) in [5.74, 6) is 3.52. The van der Waals surface area contributed by atoms with E-state index in [-0.39, 0.29) is 48.7 Å². The maximum Gasteiger partial charge on any atom is 0.319 e. The molecule has 4 aromatic rings. The third kappa shape index (κ3) is 6.90. The van der Waals surface area contributed by atoms with Crippen molar-refractivity contribution in [1.29, 1.82) is 0 Å². The second-order valence-corrected chi connectivity index (χ2v) is 22.7. The molecule has 3 atom stereocenters. The summed E-state index contributed by atoms with van der Waals surface area (Å²) in [7, 11) is -0.773. The summed E-state index contributed by atoms with van der Waals surface area (Å²) in [5.41, 5.74) is 4.93. The molecule has 0 radical (unpaired) electrons. The highest BCUT2D eigenvalue weighted by atomic mass is 28.3. The van der Waals surface area contributed by atoms with Crippen LogP contribution in [0.2, 0.25) is 16.6 Å². The van der Waals surface area contributed by atoms with E-state index in [1.165, 1.54) is 13.2 Å². The van der Waals surface area contributed by atoms with Gasteiger partial charge in [0.15, 0.2) is 12.6 Å². The van der Waals surface area contributed by atoms with E-state index in [2.05, 4.69) is 62.8 Å². The maximum absolute atomic E-state index is 17.8. The summed E-state index contributed by atoms with van der Waals surface area (Å²) in [6, 6.07) is 8.06. The number of halogens is 3. The molecule has 3 fully saturated rings. The van der Waals surface area contributed by atoms with Crippen LogP contribution in [0.3, 0.4) is 0 Å². The van der Waals surface area contributed by atoms with E-state index >= 15 is 8.78 Å². The van der Waals surface area contributed by atoms with E-state index in [1.54, 1.807) is 24.3 Å². The Morgan fingerprint density at radius 3 is 2.51 bits per heavy atom. The van der Waals surface area contributed by atoms with E-state index in [4.69, 9.17) is 33.7 Å². The Kier molecular flexibility index (Phi) is 10.9. The van der Waals surface area contributed by atoms with Crippen LogP contribution in [0.25, 0.3) is 32.8 Å². The molecule has 0 bridgehead atoms. The lowest BCUT2D eigenvalue weighted by molar-refractivity contribution is 0.0512. The van der Waals surface area contributed by atoms with E-state index < -0.39 is 31.4 Å². The smallest absolute Gasteiger partial charge is 0.319 e. The lowest BCUT2D eigenvalue weighted by Gasteiger charge is -2.38. The molecule has 8 rings (SSSR count). The van der Waals surface area contributed by atoms with Gasteiger partial charge < -0.3 is 28.6 Å². The average molecular weight is 803 g/mol. The predicted octanol–water partition coefficient (Wildman–Crippen LogP) is 8.83. The molecule has 0 saturated carbocycles. The number of ether oxygens (including phenoxy) is 5. The lowest BCUT2D eigenvalue weighted by Crippen LogP contribution is -2.48. The van der Waals surface area contributed by atoms with Crippen molar-refractivity contribution in [1.82, 2.24) is 14.9 Å². The lowest BCUT2D eigenvalue weighted by atomic mass is 9.92. The molecule has 0 amide bonds. The van der Waals surface area contributed by atoms with E-state index in [0.717, 1.165) is 19.4 Å². The number of fused-ring (bicyclic) bond motifs is 4. The van der Waals surface area contributed by atoms with Crippen LogP contribution in [0.4, 0.5) is 19.0 Å². The number of aromatic nitrogens is 2. The topological polar surface area (TPSA) is 78.4 Å². The van der Waals surface area contributed by atoms with Gasteiger partial charge in [-0.15, -0.1) is 5.54 Å². The molecule has 0 aliphatic carbocycles. The zero-order valence-electron chi connectivity index (χ0n) is 34.0. The summed E-state index contributed by atoms with van der Waals surface area (Å²) in [6.45, 7) is 16.3. The van der Waals surface area contributed by atoms with Crippen LogP contribution in [-0.2, 0) is 9.47 Å². The van der Waals surface area contributed by atoms with E-state index in [0.29, 0.717) is 88.4 Å². The summed E-state index contributed by atoms with van der Waals surface area (Å²) < 4.78 is 78.7. The molecule has 3 saturated heterocycles. The Morgan fingerprint density at radius 2 is 1.75 bits per heavy atom. The van der Waals surface area contributed by atoms with Crippen molar-refractivity contribution < 1.29 is 36.9 Å². The Morgan fingerprint density at radius 1 is 0.965 bits per heavy atom. The zero-order chi connectivity index (χ0) is 40.2. The van der Waals surface area contributed by atoms with Crippen LogP contribution in [0.15, 0.2) is 30.3 Å². The highest BCUT2D eigenvalue weighted by molar-refractivity contribution is 6.90. The van der Waals surface area contributed by atoms with Crippen molar-refractivity contribution in [3.8, 4) is 40.1 Å². The Labute approximate surface area is 334 Å². The maximum atomic E-state index is 17.8. The van der Waals surface area contributed by atoms with E-state index in [9.17, 15) is 4.39 Å². The second-order valence-electron chi connectivity index (χ2n) is 17.1. The van der Waals surface area contributed by atoms with Crippen LogP contribution >= 0.6 is 0 Å². The second kappa shape index (κ2) is 15.6. The monoisotopic (exact) mass is 802 g/mol. The number of morpholine rings is 1. The molecule has 57 heavy (non-hydrogen) atoms. The van der Waals surface area contributed by atoms with Gasteiger partial charge in [-0.25, -0.2) is 13.2 Å². The molecule has 0 unspecified atom stereocenters. The Bertz CT molecular complexity index is 2220. The van der Waals surface area contributed by atoms with Gasteiger partial charge in [0.2, 0.25) is 0 Å². The van der Waals surface area contributed by atoms with Gasteiger partial charge in [-0.1, -0.05) is 53.5 Å². The first-order valence-corrected chi connectivity index (χ1v) is 22.5. The zero-order valence-corrected chi connectivity index (χ0v) is 35.0. The molecular weight excluding hydrogens is 750 g/mol. The molecule has 9 nitrogen and oxygen atoms in total. The number of hydrogen-bond donors (Lipinski definition) is 0. The van der Waals surface area contributed by atoms with Crippen molar-refractivity contribution in [2.24, 2.45) is 0 Å². The summed E-state index contributed by atoms with van der Waals surface area (Å²) in [4.78, 5) is 13.9. The quantitative estimate of drug-likeness (QED) is 0.0889. The Hall–Kier alpha value is -4.09. The van der Waals surface area contributed by atoms with Gasteiger partial charge in [0.1, 0.15) is 56.1 Å². The highest BCUT2D eigenvalue weighted by Crippen LogP contribution is 2.47. The summed E-state index contributed by atoms with van der Waals surface area (Å²) in [6.07, 6.45) is 1.21. The van der Waals surface area contributed by atoms with Crippen molar-refractivity contribution in [3.63, 3.8) is 0 Å². The fraction of sp³-hybridized carbons (Fsp3) is 0.545. The van der Waals surface area contributed by atoms with Gasteiger partial charge >= 0.3 is 6.01 Å². The van der Waals surface area contributed by atoms with Gasteiger partial charge in [-0.05, 0) is 71.2 Å². The van der Waals surface area contributed by atoms with Crippen molar-refractivity contribution in [2.45, 2.75) is 95.2 Å². The molecule has 0 spiro atoms. The number of rotatable bonds is 10. The van der Waals surface area contributed by atoms with Gasteiger partial charge in [-0.3, -0.25) is 4.90 Å². The number of anilines is 1. The molecule has 1 aromatic heterocycles. The Balaban J connectivity index is 1.35. The highest BCUT2D eigenvalue weighted by Gasteiger charge is 2.49. The normalized spacial score (nSPS) is 22.2. The van der Waals surface area contributed by atoms with Crippen molar-refractivity contribution in [2.75, 3.05) is 64.9 Å². The summed E-state index contributed by atoms with van der Waals surface area (Å²) >= 11 is 0. The van der Waals surface area contributed by atoms with Crippen LogP contribution in [0, 0.1) is 23.1 Å². The van der Waals surface area contributed by atoms with E-state index in [1.807, 2.05) is 0 Å². The predicted molar refractivity (Wildman–Crippen MR) is 219 cm³/mol. The number of hydrogen-bond acceptors (Lipinski definition) is 9. The first-order valence-electron chi connectivity index (χ1n) is 20.3. The SMILES string of the molecule is COCOc1cc(-c2cc3c4c(nc(OC[C@@]56CCCN5C[C@H](F)C6)nc4c2F)N2CCOC[C@H]2CO3)c2c(C#C[Si](C(C)C)(C(C)C)C(C)C)c(F)ccc2c1. The van der Waals surface area contributed by atoms with Crippen molar-refractivity contribution >= 4 is 35.6 Å².